The molecule has 0 aliphatic rings. The Bertz CT molecular complexity index is 143. The van der Waals surface area contributed by atoms with Gasteiger partial charge in [0, 0.05) is 0 Å². The minimum Gasteiger partial charge on any atom is -0.435 e. The fourth-order valence-corrected chi connectivity index (χ4v) is 0.728. The van der Waals surface area contributed by atoms with E-state index in [1.54, 1.807) is 13.0 Å². The Hall–Kier alpha value is -0.990. The third kappa shape index (κ3) is 5.77. The average Bonchev–Trinajstić information content (AvgIpc) is 2.01. The van der Waals surface area contributed by atoms with Gasteiger partial charge in [-0.05, 0) is 26.7 Å². The van der Waals surface area contributed by atoms with Gasteiger partial charge in [0.2, 0.25) is 0 Å². The van der Waals surface area contributed by atoms with E-state index in [0.717, 1.165) is 12.8 Å². The Balaban J connectivity index is 3.46. The molecule has 0 rings (SSSR count). The maximum atomic E-state index is 10.7. The van der Waals surface area contributed by atoms with Gasteiger partial charge in [-0.3, -0.25) is 0 Å². The van der Waals surface area contributed by atoms with Gasteiger partial charge >= 0.3 is 6.16 Å². The summed E-state index contributed by atoms with van der Waals surface area (Å²) in [5.41, 5.74) is 0. The Morgan fingerprint density at radius 3 is 2.83 bits per heavy atom. The molecule has 1 atom stereocenters. The zero-order valence-electron chi connectivity index (χ0n) is 7.71. The van der Waals surface area contributed by atoms with Crippen LogP contribution in [0.4, 0.5) is 4.79 Å². The minimum atomic E-state index is -0.589. The maximum Gasteiger partial charge on any atom is 0.508 e. The number of rotatable bonds is 5. The van der Waals surface area contributed by atoms with Crippen LogP contribution >= 0.6 is 0 Å². The van der Waals surface area contributed by atoms with E-state index in [1.165, 1.54) is 0 Å². The molecule has 12 heavy (non-hydrogen) atoms. The highest BCUT2D eigenvalue weighted by atomic mass is 16.7. The first kappa shape index (κ1) is 11.0. The summed E-state index contributed by atoms with van der Waals surface area (Å²) in [4.78, 5) is 10.7. The van der Waals surface area contributed by atoms with Crippen molar-refractivity contribution in [3.8, 4) is 0 Å². The molecule has 3 nitrogen and oxygen atoms in total. The molecule has 1 unspecified atom stereocenters. The van der Waals surface area contributed by atoms with Gasteiger partial charge in [-0.1, -0.05) is 6.08 Å². The van der Waals surface area contributed by atoms with Crippen LogP contribution in [-0.4, -0.2) is 18.9 Å². The third-order valence-electron chi connectivity index (χ3n) is 1.34. The van der Waals surface area contributed by atoms with E-state index in [9.17, 15) is 4.79 Å². The van der Waals surface area contributed by atoms with Crippen LogP contribution in [0.1, 0.15) is 26.7 Å². The highest BCUT2D eigenvalue weighted by Crippen LogP contribution is 2.02. The number of ether oxygens (including phenoxy) is 2. The quantitative estimate of drug-likeness (QED) is 0.472. The number of hydrogen-bond donors (Lipinski definition) is 0. The van der Waals surface area contributed by atoms with Crippen LogP contribution < -0.4 is 0 Å². The summed E-state index contributed by atoms with van der Waals surface area (Å²) < 4.78 is 9.49. The molecule has 70 valence electrons. The van der Waals surface area contributed by atoms with E-state index in [4.69, 9.17) is 4.74 Å². The molecule has 0 heterocycles. The monoisotopic (exact) mass is 172 g/mol. The first-order valence-corrected chi connectivity index (χ1v) is 4.15. The van der Waals surface area contributed by atoms with Gasteiger partial charge in [0.05, 0.1) is 6.61 Å². The van der Waals surface area contributed by atoms with Gasteiger partial charge in [0.15, 0.2) is 0 Å². The molecule has 0 aliphatic carbocycles. The van der Waals surface area contributed by atoms with Crippen LogP contribution in [0.2, 0.25) is 0 Å². The van der Waals surface area contributed by atoms with E-state index < -0.39 is 6.16 Å². The highest BCUT2D eigenvalue weighted by Gasteiger charge is 2.08. The Morgan fingerprint density at radius 1 is 1.67 bits per heavy atom. The molecule has 0 spiro atoms. The van der Waals surface area contributed by atoms with Crippen molar-refractivity contribution < 1.29 is 14.3 Å². The minimum absolute atomic E-state index is 0.0953. The summed E-state index contributed by atoms with van der Waals surface area (Å²) in [6, 6.07) is 0. The second-order valence-corrected chi connectivity index (χ2v) is 2.48. The Labute approximate surface area is 73.4 Å². The molecule has 0 aliphatic heterocycles. The van der Waals surface area contributed by atoms with Crippen molar-refractivity contribution >= 4 is 6.16 Å². The zero-order chi connectivity index (χ0) is 9.40. The standard InChI is InChI=1S/C9H16O3/c1-4-6-7-8(3)12-9(10)11-5-2/h4,8H,1,5-7H2,2-3H3. The molecule has 0 aromatic rings. The fraction of sp³-hybridized carbons (Fsp3) is 0.667. The Morgan fingerprint density at radius 2 is 2.33 bits per heavy atom. The Kier molecular flexibility index (Phi) is 6.15. The molecule has 0 radical (unpaired) electrons. The van der Waals surface area contributed by atoms with Crippen molar-refractivity contribution in [2.45, 2.75) is 32.8 Å². The zero-order valence-corrected chi connectivity index (χ0v) is 7.71. The van der Waals surface area contributed by atoms with E-state index in [-0.39, 0.29) is 6.10 Å². The molecule has 0 aromatic heterocycles. The molecule has 0 fully saturated rings. The van der Waals surface area contributed by atoms with Crippen molar-refractivity contribution in [1.82, 2.24) is 0 Å². The number of allylic oxidation sites excluding steroid dienone is 1. The van der Waals surface area contributed by atoms with Gasteiger partial charge < -0.3 is 9.47 Å². The lowest BCUT2D eigenvalue weighted by molar-refractivity contribution is 0.0300. The molecule has 0 amide bonds. The fourth-order valence-electron chi connectivity index (χ4n) is 0.728. The van der Waals surface area contributed by atoms with Gasteiger partial charge in [-0.25, -0.2) is 4.79 Å². The molecular weight excluding hydrogens is 156 g/mol. The van der Waals surface area contributed by atoms with Crippen molar-refractivity contribution in [2.75, 3.05) is 6.61 Å². The van der Waals surface area contributed by atoms with E-state index in [2.05, 4.69) is 11.3 Å². The van der Waals surface area contributed by atoms with Gasteiger partial charge in [-0.15, -0.1) is 6.58 Å². The van der Waals surface area contributed by atoms with Crippen LogP contribution in [0, 0.1) is 0 Å². The molecule has 0 N–H and O–H groups in total. The SMILES string of the molecule is C=CCCC(C)OC(=O)OCC. The summed E-state index contributed by atoms with van der Waals surface area (Å²) in [6.45, 7) is 7.51. The second kappa shape index (κ2) is 6.70. The van der Waals surface area contributed by atoms with Crippen LogP contribution in [0.3, 0.4) is 0 Å². The maximum absolute atomic E-state index is 10.7. The largest absolute Gasteiger partial charge is 0.508 e. The van der Waals surface area contributed by atoms with Gasteiger partial charge in [0.1, 0.15) is 6.10 Å². The summed E-state index contributed by atoms with van der Waals surface area (Å²) >= 11 is 0. The number of carbonyl (C=O) groups is 1. The normalized spacial score (nSPS) is 11.8. The average molecular weight is 172 g/mol. The van der Waals surface area contributed by atoms with Crippen LogP contribution in [-0.2, 0) is 9.47 Å². The second-order valence-electron chi connectivity index (χ2n) is 2.48. The van der Waals surface area contributed by atoms with Crippen LogP contribution in [0.25, 0.3) is 0 Å². The topological polar surface area (TPSA) is 35.5 Å². The third-order valence-corrected chi connectivity index (χ3v) is 1.34. The summed E-state index contributed by atoms with van der Waals surface area (Å²) in [7, 11) is 0. The summed E-state index contributed by atoms with van der Waals surface area (Å²) in [6.07, 6.45) is 2.75. The predicted molar refractivity (Wildman–Crippen MR) is 47.0 cm³/mol. The highest BCUT2D eigenvalue weighted by molar-refractivity contribution is 5.59. The van der Waals surface area contributed by atoms with Gasteiger partial charge in [-0.2, -0.15) is 0 Å². The van der Waals surface area contributed by atoms with Crippen molar-refractivity contribution in [3.63, 3.8) is 0 Å². The van der Waals surface area contributed by atoms with E-state index >= 15 is 0 Å². The lowest BCUT2D eigenvalue weighted by Gasteiger charge is -2.10. The summed E-state index contributed by atoms with van der Waals surface area (Å²) in [5, 5.41) is 0. The molecule has 3 heteroatoms. The molecule has 0 aromatic carbocycles. The lowest BCUT2D eigenvalue weighted by Crippen LogP contribution is -2.15. The molecule has 0 saturated carbocycles. The smallest absolute Gasteiger partial charge is 0.435 e. The number of carbonyl (C=O) groups excluding carboxylic acids is 1. The van der Waals surface area contributed by atoms with Crippen LogP contribution in [0.5, 0.6) is 0 Å². The van der Waals surface area contributed by atoms with Crippen molar-refractivity contribution in [2.24, 2.45) is 0 Å². The predicted octanol–water partition coefficient (Wildman–Crippen LogP) is 2.51. The van der Waals surface area contributed by atoms with Crippen LogP contribution in [0.15, 0.2) is 12.7 Å². The molecule has 0 bridgehead atoms. The molecular formula is C9H16O3. The molecule has 0 saturated heterocycles. The van der Waals surface area contributed by atoms with Crippen molar-refractivity contribution in [3.05, 3.63) is 12.7 Å². The number of hydrogen-bond acceptors (Lipinski definition) is 3. The first-order chi connectivity index (χ1) is 5.70. The van der Waals surface area contributed by atoms with E-state index in [1.807, 2.05) is 6.92 Å². The van der Waals surface area contributed by atoms with E-state index in [0.29, 0.717) is 6.61 Å². The summed E-state index contributed by atoms with van der Waals surface area (Å²) in [5.74, 6) is 0. The van der Waals surface area contributed by atoms with Gasteiger partial charge in [0.25, 0.3) is 0 Å². The lowest BCUT2D eigenvalue weighted by atomic mass is 10.2. The first-order valence-electron chi connectivity index (χ1n) is 4.15. The van der Waals surface area contributed by atoms with Crippen molar-refractivity contribution in [1.29, 1.82) is 0 Å².